The average molecular weight is 447 g/mol. The highest BCUT2D eigenvalue weighted by atomic mass is 32.2. The van der Waals surface area contributed by atoms with E-state index in [9.17, 15) is 0 Å². The van der Waals surface area contributed by atoms with Crippen molar-refractivity contribution in [1.82, 2.24) is 24.9 Å². The van der Waals surface area contributed by atoms with Crippen molar-refractivity contribution in [2.75, 3.05) is 24.6 Å². The van der Waals surface area contributed by atoms with Gasteiger partial charge in [-0.05, 0) is 43.0 Å². The van der Waals surface area contributed by atoms with Crippen molar-refractivity contribution >= 4 is 29.0 Å². The number of hydrogen-bond donors (Lipinski definition) is 0. The molecular formula is C20H26N6O2S2. The van der Waals surface area contributed by atoms with Gasteiger partial charge in [-0.25, -0.2) is 0 Å². The monoisotopic (exact) mass is 446 g/mol. The fourth-order valence-corrected chi connectivity index (χ4v) is 5.35. The summed E-state index contributed by atoms with van der Waals surface area (Å²) in [6, 6.07) is 2.00. The Balaban J connectivity index is 1.32. The van der Waals surface area contributed by atoms with Crippen molar-refractivity contribution in [2.45, 2.75) is 56.2 Å². The van der Waals surface area contributed by atoms with Crippen molar-refractivity contribution in [3.8, 4) is 11.4 Å². The molecule has 0 bridgehead atoms. The number of hydrogen-bond acceptors (Lipinski definition) is 9. The van der Waals surface area contributed by atoms with E-state index in [0.29, 0.717) is 17.5 Å². The lowest BCUT2D eigenvalue weighted by Gasteiger charge is -2.31. The van der Waals surface area contributed by atoms with Crippen molar-refractivity contribution in [2.24, 2.45) is 5.92 Å². The van der Waals surface area contributed by atoms with Gasteiger partial charge in [0.15, 0.2) is 5.16 Å². The first-order chi connectivity index (χ1) is 14.8. The maximum atomic E-state index is 5.90. The number of thioether (sulfide) groups is 1. The van der Waals surface area contributed by atoms with Gasteiger partial charge in [0, 0.05) is 30.6 Å². The number of ether oxygens (including phenoxy) is 1. The zero-order chi connectivity index (χ0) is 20.3. The SMILES string of the molecule is CC1CCN(c2nnc(SCc3nc(-c4ccsc4)no3)n2CC2CCCO2)CC1. The molecular weight excluding hydrogens is 420 g/mol. The Labute approximate surface area is 184 Å². The van der Waals surface area contributed by atoms with Crippen LogP contribution in [0.4, 0.5) is 5.95 Å². The Kier molecular flexibility index (Phi) is 6.05. The predicted octanol–water partition coefficient (Wildman–Crippen LogP) is 4.10. The summed E-state index contributed by atoms with van der Waals surface area (Å²) in [5.74, 6) is 3.54. The third-order valence-electron chi connectivity index (χ3n) is 5.75. The molecule has 5 rings (SSSR count). The topological polar surface area (TPSA) is 82.1 Å². The third kappa shape index (κ3) is 4.40. The van der Waals surface area contributed by atoms with Gasteiger partial charge in [0.2, 0.25) is 17.7 Å². The van der Waals surface area contributed by atoms with Gasteiger partial charge < -0.3 is 14.2 Å². The Morgan fingerprint density at radius 2 is 2.13 bits per heavy atom. The molecule has 10 heteroatoms. The minimum Gasteiger partial charge on any atom is -0.376 e. The Bertz CT molecular complexity index is 943. The lowest BCUT2D eigenvalue weighted by atomic mass is 10.00. The molecule has 30 heavy (non-hydrogen) atoms. The molecule has 0 N–H and O–H groups in total. The molecule has 160 valence electrons. The molecule has 3 aromatic rings. The summed E-state index contributed by atoms with van der Waals surface area (Å²) in [6.45, 7) is 6.02. The van der Waals surface area contributed by atoms with E-state index in [1.807, 2.05) is 16.8 Å². The molecule has 2 aliphatic rings. The molecule has 1 atom stereocenters. The summed E-state index contributed by atoms with van der Waals surface area (Å²) >= 11 is 3.22. The summed E-state index contributed by atoms with van der Waals surface area (Å²) in [4.78, 5) is 6.89. The second kappa shape index (κ2) is 9.07. The molecule has 3 aromatic heterocycles. The first kappa shape index (κ1) is 20.0. The van der Waals surface area contributed by atoms with Crippen molar-refractivity contribution in [3.63, 3.8) is 0 Å². The maximum Gasteiger partial charge on any atom is 0.237 e. The Hall–Kier alpha value is -1.91. The van der Waals surface area contributed by atoms with Gasteiger partial charge in [0.25, 0.3) is 0 Å². The molecule has 0 saturated carbocycles. The first-order valence-electron chi connectivity index (χ1n) is 10.5. The van der Waals surface area contributed by atoms with E-state index in [-0.39, 0.29) is 6.10 Å². The fourth-order valence-electron chi connectivity index (χ4n) is 3.93. The van der Waals surface area contributed by atoms with E-state index >= 15 is 0 Å². The minimum absolute atomic E-state index is 0.233. The van der Waals surface area contributed by atoms with E-state index in [2.05, 4.69) is 36.7 Å². The predicted molar refractivity (Wildman–Crippen MR) is 117 cm³/mol. The van der Waals surface area contributed by atoms with Crippen LogP contribution >= 0.6 is 23.1 Å². The van der Waals surface area contributed by atoms with Crippen LogP contribution in [0.15, 0.2) is 26.5 Å². The van der Waals surface area contributed by atoms with Crippen LogP contribution in [0.1, 0.15) is 38.5 Å². The van der Waals surface area contributed by atoms with Gasteiger partial charge in [0.1, 0.15) is 0 Å². The van der Waals surface area contributed by atoms with Crippen LogP contribution in [0.5, 0.6) is 0 Å². The third-order valence-corrected chi connectivity index (χ3v) is 7.38. The number of nitrogens with zero attached hydrogens (tertiary/aromatic N) is 6. The van der Waals surface area contributed by atoms with Gasteiger partial charge in [-0.2, -0.15) is 16.3 Å². The summed E-state index contributed by atoms with van der Waals surface area (Å²) < 4.78 is 13.6. The highest BCUT2D eigenvalue weighted by Crippen LogP contribution is 2.30. The Morgan fingerprint density at radius 1 is 1.23 bits per heavy atom. The van der Waals surface area contributed by atoms with Crippen LogP contribution in [0.25, 0.3) is 11.4 Å². The number of aromatic nitrogens is 5. The number of thiophene rings is 1. The van der Waals surface area contributed by atoms with E-state index in [4.69, 9.17) is 9.26 Å². The Morgan fingerprint density at radius 3 is 2.90 bits per heavy atom. The molecule has 8 nitrogen and oxygen atoms in total. The molecule has 0 aromatic carbocycles. The first-order valence-corrected chi connectivity index (χ1v) is 12.5. The van der Waals surface area contributed by atoms with Gasteiger partial charge in [-0.1, -0.05) is 23.8 Å². The highest BCUT2D eigenvalue weighted by Gasteiger charge is 2.26. The molecule has 0 aliphatic carbocycles. The van der Waals surface area contributed by atoms with Gasteiger partial charge in [0.05, 0.1) is 18.4 Å². The quantitative estimate of drug-likeness (QED) is 0.502. The highest BCUT2D eigenvalue weighted by molar-refractivity contribution is 7.98. The molecule has 1 unspecified atom stereocenters. The molecule has 0 spiro atoms. The zero-order valence-corrected chi connectivity index (χ0v) is 18.7. The van der Waals surface area contributed by atoms with E-state index < -0.39 is 0 Å². The van der Waals surface area contributed by atoms with Crippen LogP contribution in [-0.2, 0) is 17.0 Å². The maximum absolute atomic E-state index is 5.90. The van der Waals surface area contributed by atoms with Crippen LogP contribution in [-0.4, -0.2) is 50.7 Å². The molecule has 0 amide bonds. The van der Waals surface area contributed by atoms with E-state index in [0.717, 1.165) is 61.7 Å². The van der Waals surface area contributed by atoms with Crippen molar-refractivity contribution < 1.29 is 9.26 Å². The average Bonchev–Trinajstić information content (AvgIpc) is 3.55. The fraction of sp³-hybridized carbons (Fsp3) is 0.600. The van der Waals surface area contributed by atoms with Gasteiger partial charge in [-0.15, -0.1) is 10.2 Å². The zero-order valence-electron chi connectivity index (χ0n) is 17.1. The summed E-state index contributed by atoms with van der Waals surface area (Å²) in [5.41, 5.74) is 0.989. The molecule has 2 fully saturated rings. The van der Waals surface area contributed by atoms with Crippen molar-refractivity contribution in [3.05, 3.63) is 22.7 Å². The lowest BCUT2D eigenvalue weighted by molar-refractivity contribution is 0.0951. The second-order valence-corrected chi connectivity index (χ2v) is 9.73. The summed E-state index contributed by atoms with van der Waals surface area (Å²) in [5, 5.41) is 18.1. The number of anilines is 1. The normalized spacial score (nSPS) is 20.3. The second-order valence-electron chi connectivity index (χ2n) is 8.01. The lowest BCUT2D eigenvalue weighted by Crippen LogP contribution is -2.35. The van der Waals surface area contributed by atoms with Gasteiger partial charge in [-0.3, -0.25) is 4.57 Å². The van der Waals surface area contributed by atoms with E-state index in [1.165, 1.54) is 12.8 Å². The molecule has 2 aliphatic heterocycles. The van der Waals surface area contributed by atoms with Crippen molar-refractivity contribution in [1.29, 1.82) is 0 Å². The van der Waals surface area contributed by atoms with Crippen LogP contribution in [0, 0.1) is 5.92 Å². The van der Waals surface area contributed by atoms with E-state index in [1.54, 1.807) is 23.1 Å². The largest absolute Gasteiger partial charge is 0.376 e. The summed E-state index contributed by atoms with van der Waals surface area (Å²) in [7, 11) is 0. The smallest absolute Gasteiger partial charge is 0.237 e. The van der Waals surface area contributed by atoms with Gasteiger partial charge >= 0.3 is 0 Å². The minimum atomic E-state index is 0.233. The number of piperidine rings is 1. The molecule has 5 heterocycles. The van der Waals surface area contributed by atoms with Crippen LogP contribution < -0.4 is 4.90 Å². The van der Waals surface area contributed by atoms with Crippen LogP contribution in [0.3, 0.4) is 0 Å². The molecule has 2 saturated heterocycles. The molecule has 0 radical (unpaired) electrons. The number of rotatable bonds is 7. The summed E-state index contributed by atoms with van der Waals surface area (Å²) in [6.07, 6.45) is 4.84. The van der Waals surface area contributed by atoms with Crippen LogP contribution in [0.2, 0.25) is 0 Å². The standard InChI is InChI=1S/C20H26N6O2S2/c1-14-4-7-25(8-5-14)19-22-23-20(26(19)11-16-3-2-9-27-16)30-13-17-21-18(24-28-17)15-6-10-29-12-15/h6,10,12,14,16H,2-5,7-9,11,13H2,1H3.